The molecule has 2 aromatic heterocycles. The summed E-state index contributed by atoms with van der Waals surface area (Å²) in [6, 6.07) is 13.6. The van der Waals surface area contributed by atoms with E-state index in [1.807, 2.05) is 55.0 Å². The lowest BCUT2D eigenvalue weighted by Crippen LogP contribution is -2.50. The van der Waals surface area contributed by atoms with Crippen molar-refractivity contribution >= 4 is 29.2 Å². The van der Waals surface area contributed by atoms with Crippen LogP contribution in [0.15, 0.2) is 54.7 Å². The molecule has 3 aromatic rings. The highest BCUT2D eigenvalue weighted by Crippen LogP contribution is 2.19. The van der Waals surface area contributed by atoms with Crippen LogP contribution in [0.5, 0.6) is 0 Å². The summed E-state index contributed by atoms with van der Waals surface area (Å²) in [5.41, 5.74) is 1.26. The predicted octanol–water partition coefficient (Wildman–Crippen LogP) is 3.09. The van der Waals surface area contributed by atoms with Gasteiger partial charge in [0.05, 0.1) is 6.04 Å². The van der Waals surface area contributed by atoms with Crippen molar-refractivity contribution in [3.8, 4) is 0 Å². The highest BCUT2D eigenvalue weighted by molar-refractivity contribution is 7.98. The number of amides is 2. The maximum absolute atomic E-state index is 13.2. The highest BCUT2D eigenvalue weighted by Gasteiger charge is 2.28. The lowest BCUT2D eigenvalue weighted by Gasteiger charge is -2.25. The minimum Gasteiger partial charge on any atom is -0.344 e. The first-order valence-electron chi connectivity index (χ1n) is 9.96. The van der Waals surface area contributed by atoms with Crippen molar-refractivity contribution in [1.82, 2.24) is 25.2 Å². The number of hydrogen-bond donors (Lipinski definition) is 2. The van der Waals surface area contributed by atoms with Gasteiger partial charge in [0.25, 0.3) is 5.91 Å². The SMILES string of the molecule is CSCCC(NC(=O)C(NC(=O)c1ccccc1)C(C)C)c1nnc2ccccn12. The second kappa shape index (κ2) is 10.2. The number of aromatic nitrogens is 3. The third-order valence-electron chi connectivity index (χ3n) is 4.85. The summed E-state index contributed by atoms with van der Waals surface area (Å²) in [5, 5.41) is 14.5. The van der Waals surface area contributed by atoms with Gasteiger partial charge in [0.2, 0.25) is 5.91 Å². The number of pyridine rings is 1. The van der Waals surface area contributed by atoms with Crippen molar-refractivity contribution in [2.24, 2.45) is 5.92 Å². The Bertz CT molecular complexity index is 989. The zero-order valence-electron chi connectivity index (χ0n) is 17.4. The summed E-state index contributed by atoms with van der Waals surface area (Å²) >= 11 is 1.70. The maximum atomic E-state index is 13.2. The summed E-state index contributed by atoms with van der Waals surface area (Å²) in [6.07, 6.45) is 4.62. The van der Waals surface area contributed by atoms with Crippen LogP contribution >= 0.6 is 11.8 Å². The molecule has 2 unspecified atom stereocenters. The highest BCUT2D eigenvalue weighted by atomic mass is 32.2. The number of fused-ring (bicyclic) bond motifs is 1. The van der Waals surface area contributed by atoms with E-state index >= 15 is 0 Å². The summed E-state index contributed by atoms with van der Waals surface area (Å²) in [4.78, 5) is 25.8. The summed E-state index contributed by atoms with van der Waals surface area (Å²) in [5.74, 6) is 0.972. The van der Waals surface area contributed by atoms with Crippen LogP contribution in [0.1, 0.15) is 42.5 Å². The van der Waals surface area contributed by atoms with Gasteiger partial charge in [-0.25, -0.2) is 0 Å². The molecule has 2 N–H and O–H groups in total. The molecule has 8 heteroatoms. The number of hydrogen-bond acceptors (Lipinski definition) is 5. The normalized spacial score (nSPS) is 13.2. The fraction of sp³-hybridized carbons (Fsp3) is 0.364. The molecule has 158 valence electrons. The van der Waals surface area contributed by atoms with E-state index in [9.17, 15) is 9.59 Å². The topological polar surface area (TPSA) is 88.4 Å². The Balaban J connectivity index is 1.79. The Kier molecular flexibility index (Phi) is 7.46. The first-order valence-corrected chi connectivity index (χ1v) is 11.4. The van der Waals surface area contributed by atoms with Gasteiger partial charge in [0, 0.05) is 11.8 Å². The van der Waals surface area contributed by atoms with E-state index in [0.717, 1.165) is 11.4 Å². The molecule has 0 aliphatic heterocycles. The molecule has 1 aromatic carbocycles. The molecule has 0 aliphatic carbocycles. The van der Waals surface area contributed by atoms with Gasteiger partial charge in [0.1, 0.15) is 6.04 Å². The van der Waals surface area contributed by atoms with Crippen LogP contribution < -0.4 is 10.6 Å². The van der Waals surface area contributed by atoms with E-state index in [1.165, 1.54) is 0 Å². The molecule has 0 radical (unpaired) electrons. The molecule has 3 rings (SSSR count). The fourth-order valence-electron chi connectivity index (χ4n) is 3.21. The first-order chi connectivity index (χ1) is 14.5. The molecular formula is C22H27N5O2S. The molecule has 0 fully saturated rings. The number of nitrogens with one attached hydrogen (secondary N) is 2. The van der Waals surface area contributed by atoms with Gasteiger partial charge in [-0.1, -0.05) is 38.1 Å². The van der Waals surface area contributed by atoms with Gasteiger partial charge in [0.15, 0.2) is 11.5 Å². The third-order valence-corrected chi connectivity index (χ3v) is 5.49. The van der Waals surface area contributed by atoms with Crippen molar-refractivity contribution in [2.75, 3.05) is 12.0 Å². The van der Waals surface area contributed by atoms with E-state index in [0.29, 0.717) is 17.8 Å². The Morgan fingerprint density at radius 2 is 1.77 bits per heavy atom. The molecular weight excluding hydrogens is 398 g/mol. The van der Waals surface area contributed by atoms with E-state index in [4.69, 9.17) is 0 Å². The van der Waals surface area contributed by atoms with E-state index in [1.54, 1.807) is 36.0 Å². The Labute approximate surface area is 180 Å². The second-order valence-corrected chi connectivity index (χ2v) is 8.38. The monoisotopic (exact) mass is 425 g/mol. The molecule has 0 bridgehead atoms. The van der Waals surface area contributed by atoms with E-state index in [2.05, 4.69) is 20.8 Å². The van der Waals surface area contributed by atoms with Gasteiger partial charge >= 0.3 is 0 Å². The Morgan fingerprint density at radius 3 is 2.47 bits per heavy atom. The van der Waals surface area contributed by atoms with Gasteiger partial charge in [-0.05, 0) is 48.6 Å². The standard InChI is InChI=1S/C22H27N5O2S/c1-15(2)19(24-21(28)16-9-5-4-6-10-16)22(29)23-17(12-14-30-3)20-26-25-18-11-7-8-13-27(18)20/h4-11,13,15,17,19H,12,14H2,1-3H3,(H,23,29)(H,24,28). The van der Waals surface area contributed by atoms with Crippen molar-refractivity contribution in [3.05, 3.63) is 66.1 Å². The summed E-state index contributed by atoms with van der Waals surface area (Å²) < 4.78 is 1.89. The number of thioether (sulfide) groups is 1. The van der Waals surface area contributed by atoms with Crippen molar-refractivity contribution in [3.63, 3.8) is 0 Å². The number of nitrogens with zero attached hydrogens (tertiary/aromatic N) is 3. The fourth-order valence-corrected chi connectivity index (χ4v) is 3.68. The van der Waals surface area contributed by atoms with Gasteiger partial charge in [-0.15, -0.1) is 10.2 Å². The molecule has 7 nitrogen and oxygen atoms in total. The minimum absolute atomic E-state index is 0.0750. The number of rotatable bonds is 9. The Hall–Kier alpha value is -2.87. The van der Waals surface area contributed by atoms with Crippen LogP contribution in [0.3, 0.4) is 0 Å². The van der Waals surface area contributed by atoms with Crippen LogP contribution in [0.2, 0.25) is 0 Å². The van der Waals surface area contributed by atoms with Crippen LogP contribution in [0.4, 0.5) is 0 Å². The van der Waals surface area contributed by atoms with Crippen LogP contribution in [-0.2, 0) is 4.79 Å². The number of carbonyl (C=O) groups is 2. The molecule has 0 aliphatic rings. The van der Waals surface area contributed by atoms with Crippen LogP contribution in [0.25, 0.3) is 5.65 Å². The van der Waals surface area contributed by atoms with Crippen molar-refractivity contribution in [1.29, 1.82) is 0 Å². The quantitative estimate of drug-likeness (QED) is 0.550. The van der Waals surface area contributed by atoms with E-state index < -0.39 is 6.04 Å². The first kappa shape index (κ1) is 21.8. The Morgan fingerprint density at radius 1 is 1.03 bits per heavy atom. The van der Waals surface area contributed by atoms with Crippen molar-refractivity contribution in [2.45, 2.75) is 32.4 Å². The van der Waals surface area contributed by atoms with Gasteiger partial charge < -0.3 is 10.6 Å². The van der Waals surface area contributed by atoms with Gasteiger partial charge in [-0.3, -0.25) is 14.0 Å². The number of benzene rings is 1. The van der Waals surface area contributed by atoms with E-state index in [-0.39, 0.29) is 23.8 Å². The zero-order valence-corrected chi connectivity index (χ0v) is 18.2. The average molecular weight is 426 g/mol. The average Bonchev–Trinajstić information content (AvgIpc) is 3.19. The largest absolute Gasteiger partial charge is 0.344 e. The predicted molar refractivity (Wildman–Crippen MR) is 119 cm³/mol. The summed E-state index contributed by atoms with van der Waals surface area (Å²) in [6.45, 7) is 3.83. The van der Waals surface area contributed by atoms with Gasteiger partial charge in [-0.2, -0.15) is 11.8 Å². The maximum Gasteiger partial charge on any atom is 0.251 e. The summed E-state index contributed by atoms with van der Waals surface area (Å²) in [7, 11) is 0. The van der Waals surface area contributed by atoms with Crippen molar-refractivity contribution < 1.29 is 9.59 Å². The van der Waals surface area contributed by atoms with Crippen LogP contribution in [0, 0.1) is 5.92 Å². The third kappa shape index (κ3) is 5.18. The smallest absolute Gasteiger partial charge is 0.251 e. The minimum atomic E-state index is -0.659. The zero-order chi connectivity index (χ0) is 21.5. The molecule has 2 heterocycles. The molecule has 0 saturated carbocycles. The van der Waals surface area contributed by atoms with Crippen LogP contribution in [-0.4, -0.2) is 44.5 Å². The molecule has 2 amide bonds. The molecule has 2 atom stereocenters. The number of carbonyl (C=O) groups excluding carboxylic acids is 2. The molecule has 0 saturated heterocycles. The lowest BCUT2D eigenvalue weighted by atomic mass is 10.0. The molecule has 0 spiro atoms. The lowest BCUT2D eigenvalue weighted by molar-refractivity contribution is -0.124. The molecule has 30 heavy (non-hydrogen) atoms. The second-order valence-electron chi connectivity index (χ2n) is 7.39.